The summed E-state index contributed by atoms with van der Waals surface area (Å²) in [6.07, 6.45) is 1.17. The van der Waals surface area contributed by atoms with E-state index in [2.05, 4.69) is 58.4 Å². The first-order valence-electron chi connectivity index (χ1n) is 6.11. The second-order valence-corrected chi connectivity index (χ2v) is 5.28. The molecule has 0 aliphatic carbocycles. The van der Waals surface area contributed by atoms with Crippen LogP contribution in [0.1, 0.15) is 43.9 Å². The monoisotopic (exact) mass is 216 g/mol. The SMILES string of the molecule is CCC1(C)C(C)=[N+](C)c2cc(C)c(C)cc21. The molecule has 0 radical (unpaired) electrons. The summed E-state index contributed by atoms with van der Waals surface area (Å²) in [5, 5.41) is 0. The molecule has 1 heteroatoms. The predicted octanol–water partition coefficient (Wildman–Crippen LogP) is 3.72. The number of fused-ring (bicyclic) bond motifs is 1. The van der Waals surface area contributed by atoms with E-state index in [4.69, 9.17) is 0 Å². The van der Waals surface area contributed by atoms with Crippen LogP contribution in [0.2, 0.25) is 0 Å². The van der Waals surface area contributed by atoms with Crippen LogP contribution in [0.5, 0.6) is 0 Å². The molecule has 1 nitrogen and oxygen atoms in total. The highest BCUT2D eigenvalue weighted by Gasteiger charge is 2.43. The first-order chi connectivity index (χ1) is 7.41. The van der Waals surface area contributed by atoms with E-state index in [-0.39, 0.29) is 5.41 Å². The molecule has 0 bridgehead atoms. The first-order valence-corrected chi connectivity index (χ1v) is 6.11. The largest absolute Gasteiger partial charge is 0.209 e. The Kier molecular flexibility index (Phi) is 2.45. The molecule has 1 unspecified atom stereocenters. The number of benzene rings is 1. The average Bonchev–Trinajstić information content (AvgIpc) is 2.44. The average molecular weight is 216 g/mol. The van der Waals surface area contributed by atoms with E-state index in [1.54, 1.807) is 0 Å². The molecular weight excluding hydrogens is 194 g/mol. The molecule has 0 N–H and O–H groups in total. The highest BCUT2D eigenvalue weighted by atomic mass is 15.0. The maximum absolute atomic E-state index is 2.38. The van der Waals surface area contributed by atoms with Crippen LogP contribution in [0.15, 0.2) is 12.1 Å². The lowest BCUT2D eigenvalue weighted by Crippen LogP contribution is -2.28. The number of rotatable bonds is 1. The van der Waals surface area contributed by atoms with Crippen LogP contribution in [0, 0.1) is 13.8 Å². The van der Waals surface area contributed by atoms with Crippen molar-refractivity contribution in [3.63, 3.8) is 0 Å². The normalized spacial score (nSPS) is 23.9. The van der Waals surface area contributed by atoms with Gasteiger partial charge in [0.25, 0.3) is 0 Å². The zero-order chi connectivity index (χ0) is 12.1. The number of hydrogen-bond acceptors (Lipinski definition) is 0. The van der Waals surface area contributed by atoms with Gasteiger partial charge in [0.15, 0.2) is 5.71 Å². The van der Waals surface area contributed by atoms with Gasteiger partial charge in [-0.1, -0.05) is 6.92 Å². The molecule has 1 atom stereocenters. The zero-order valence-electron chi connectivity index (χ0n) is 11.3. The fraction of sp³-hybridized carbons (Fsp3) is 0.533. The number of nitrogens with zero attached hydrogens (tertiary/aromatic N) is 1. The van der Waals surface area contributed by atoms with E-state index in [0.717, 1.165) is 0 Å². The molecule has 1 aliphatic rings. The Hall–Kier alpha value is -1.11. The van der Waals surface area contributed by atoms with Gasteiger partial charge < -0.3 is 0 Å². The third-order valence-electron chi connectivity index (χ3n) is 4.58. The molecule has 2 rings (SSSR count). The topological polar surface area (TPSA) is 3.01 Å². The molecule has 1 aromatic rings. The summed E-state index contributed by atoms with van der Waals surface area (Å²) in [7, 11) is 2.18. The van der Waals surface area contributed by atoms with Gasteiger partial charge in [-0.15, -0.1) is 0 Å². The fourth-order valence-electron chi connectivity index (χ4n) is 2.71. The minimum absolute atomic E-state index is 0.225. The van der Waals surface area contributed by atoms with Gasteiger partial charge >= 0.3 is 0 Å². The molecule has 0 saturated heterocycles. The van der Waals surface area contributed by atoms with Crippen LogP contribution >= 0.6 is 0 Å². The second-order valence-electron chi connectivity index (χ2n) is 5.28. The van der Waals surface area contributed by atoms with Crippen molar-refractivity contribution in [1.82, 2.24) is 0 Å². The van der Waals surface area contributed by atoms with E-state index in [0.29, 0.717) is 0 Å². The van der Waals surface area contributed by atoms with Gasteiger partial charge in [0.2, 0.25) is 5.69 Å². The maximum atomic E-state index is 2.38. The van der Waals surface area contributed by atoms with Crippen LogP contribution in [0.3, 0.4) is 0 Å². The highest BCUT2D eigenvalue weighted by molar-refractivity contribution is 5.93. The molecule has 86 valence electrons. The molecular formula is C15H22N+. The van der Waals surface area contributed by atoms with Gasteiger partial charge in [-0.25, -0.2) is 4.58 Å². The quantitative estimate of drug-likeness (QED) is 0.629. The zero-order valence-corrected chi connectivity index (χ0v) is 11.3. The number of hydrogen-bond donors (Lipinski definition) is 0. The third kappa shape index (κ3) is 1.27. The summed E-state index contributed by atoms with van der Waals surface area (Å²) in [5.74, 6) is 0. The Labute approximate surface area is 98.8 Å². The lowest BCUT2D eigenvalue weighted by Gasteiger charge is -2.20. The van der Waals surface area contributed by atoms with Gasteiger partial charge in [-0.3, -0.25) is 0 Å². The van der Waals surface area contributed by atoms with Gasteiger partial charge in [-0.2, -0.15) is 0 Å². The van der Waals surface area contributed by atoms with Gasteiger partial charge in [0.05, 0.1) is 5.41 Å². The van der Waals surface area contributed by atoms with Crippen molar-refractivity contribution in [2.75, 3.05) is 7.05 Å². The van der Waals surface area contributed by atoms with Crippen molar-refractivity contribution in [1.29, 1.82) is 0 Å². The highest BCUT2D eigenvalue weighted by Crippen LogP contribution is 2.42. The lowest BCUT2D eigenvalue weighted by molar-refractivity contribution is -0.403. The fourth-order valence-corrected chi connectivity index (χ4v) is 2.71. The summed E-state index contributed by atoms with van der Waals surface area (Å²) in [6.45, 7) is 11.3. The lowest BCUT2D eigenvalue weighted by atomic mass is 9.77. The first kappa shape index (κ1) is 11.4. The van der Waals surface area contributed by atoms with Crippen molar-refractivity contribution in [2.24, 2.45) is 0 Å². The Bertz CT molecular complexity index is 482. The maximum Gasteiger partial charge on any atom is 0.209 e. The summed E-state index contributed by atoms with van der Waals surface area (Å²) in [6, 6.07) is 4.70. The van der Waals surface area contributed by atoms with E-state index in [1.807, 2.05) is 0 Å². The van der Waals surface area contributed by atoms with Gasteiger partial charge in [0.1, 0.15) is 7.05 Å². The Morgan fingerprint density at radius 3 is 2.25 bits per heavy atom. The van der Waals surface area contributed by atoms with E-state index < -0.39 is 0 Å². The second kappa shape index (κ2) is 3.44. The summed E-state index contributed by atoms with van der Waals surface area (Å²) >= 11 is 0. The van der Waals surface area contributed by atoms with Crippen molar-refractivity contribution >= 4 is 11.4 Å². The van der Waals surface area contributed by atoms with Crippen LogP contribution in [0.4, 0.5) is 5.69 Å². The van der Waals surface area contributed by atoms with Crippen LogP contribution in [-0.2, 0) is 5.41 Å². The Morgan fingerprint density at radius 1 is 1.12 bits per heavy atom. The van der Waals surface area contributed by atoms with Crippen molar-refractivity contribution in [3.8, 4) is 0 Å². The van der Waals surface area contributed by atoms with E-state index >= 15 is 0 Å². The molecule has 1 aromatic carbocycles. The Morgan fingerprint density at radius 2 is 1.69 bits per heavy atom. The molecule has 0 saturated carbocycles. The van der Waals surface area contributed by atoms with Crippen LogP contribution in [0.25, 0.3) is 0 Å². The molecule has 0 aromatic heterocycles. The molecule has 1 aliphatic heterocycles. The van der Waals surface area contributed by atoms with Gasteiger partial charge in [0, 0.05) is 18.6 Å². The van der Waals surface area contributed by atoms with Crippen LogP contribution < -0.4 is 0 Å². The van der Waals surface area contributed by atoms with E-state index in [1.165, 1.54) is 34.5 Å². The van der Waals surface area contributed by atoms with Crippen molar-refractivity contribution in [3.05, 3.63) is 28.8 Å². The smallest absolute Gasteiger partial charge is 0.202 e. The van der Waals surface area contributed by atoms with Gasteiger partial charge in [-0.05, 0) is 44.4 Å². The molecule has 16 heavy (non-hydrogen) atoms. The number of aryl methyl sites for hydroxylation is 2. The standard InChI is InChI=1S/C15H22N/c1-7-15(5)12(4)16(6)14-9-11(3)10(2)8-13(14)15/h8-9H,7H2,1-6H3/q+1. The minimum Gasteiger partial charge on any atom is -0.202 e. The van der Waals surface area contributed by atoms with Crippen molar-refractivity contribution < 1.29 is 4.58 Å². The minimum atomic E-state index is 0.225. The molecule has 0 fully saturated rings. The van der Waals surface area contributed by atoms with E-state index in [9.17, 15) is 0 Å². The van der Waals surface area contributed by atoms with Crippen molar-refractivity contribution in [2.45, 2.75) is 46.5 Å². The molecule has 0 amide bonds. The third-order valence-corrected chi connectivity index (χ3v) is 4.58. The Balaban J connectivity index is 2.75. The molecule has 1 heterocycles. The summed E-state index contributed by atoms with van der Waals surface area (Å²) in [4.78, 5) is 0. The summed E-state index contributed by atoms with van der Waals surface area (Å²) in [5.41, 5.74) is 7.38. The summed E-state index contributed by atoms with van der Waals surface area (Å²) < 4.78 is 2.35. The molecule has 0 spiro atoms. The predicted molar refractivity (Wildman–Crippen MR) is 70.1 cm³/mol. The van der Waals surface area contributed by atoms with Crippen LogP contribution in [-0.4, -0.2) is 17.3 Å².